The first-order valence-corrected chi connectivity index (χ1v) is 7.89. The van der Waals surface area contributed by atoms with Crippen LogP contribution in [-0.2, 0) is 0 Å². The molecular formula is C18H31N. The largest absolute Gasteiger partial charge is 0.286 e. The smallest absolute Gasteiger partial charge is 0.0510 e. The molecule has 1 nitrogen and oxygen atoms in total. The van der Waals surface area contributed by atoms with E-state index >= 15 is 0 Å². The van der Waals surface area contributed by atoms with Crippen molar-refractivity contribution in [3.63, 3.8) is 0 Å². The molecule has 108 valence electrons. The summed E-state index contributed by atoms with van der Waals surface area (Å²) in [5.41, 5.74) is 3.71. The Balaban J connectivity index is 2.14. The number of rotatable bonds is 1. The van der Waals surface area contributed by atoms with Crippen LogP contribution in [0.4, 0.5) is 0 Å². The van der Waals surface area contributed by atoms with Crippen molar-refractivity contribution < 1.29 is 0 Å². The number of allylic oxidation sites excluding steroid dienone is 2. The highest BCUT2D eigenvalue weighted by molar-refractivity contribution is 5.97. The Morgan fingerprint density at radius 2 is 1.74 bits per heavy atom. The maximum atomic E-state index is 5.13. The van der Waals surface area contributed by atoms with Crippen molar-refractivity contribution in [3.05, 3.63) is 11.6 Å². The fraction of sp³-hybridized carbons (Fsp3) is 0.833. The summed E-state index contributed by atoms with van der Waals surface area (Å²) in [6.07, 6.45) is 8.61. The number of hydrogen-bond acceptors (Lipinski definition) is 1. The normalized spacial score (nSPS) is 36.1. The molecular weight excluding hydrogens is 230 g/mol. The van der Waals surface area contributed by atoms with Crippen LogP contribution < -0.4 is 0 Å². The molecule has 0 N–H and O–H groups in total. The quantitative estimate of drug-likeness (QED) is 0.598. The molecule has 1 fully saturated rings. The summed E-state index contributed by atoms with van der Waals surface area (Å²) < 4.78 is 0. The third-order valence-corrected chi connectivity index (χ3v) is 4.54. The van der Waals surface area contributed by atoms with E-state index in [-0.39, 0.29) is 0 Å². The van der Waals surface area contributed by atoms with Crippen molar-refractivity contribution >= 4 is 5.71 Å². The standard InChI is InChI=1S/C18H31N/c1-13-7-15(11-17(3,4)9-13)19-16-8-14(2)10-18(5,6)12-16/h7,14,16H,8-12H2,1-6H3/t14-,16+/m1/s1. The van der Waals surface area contributed by atoms with Gasteiger partial charge in [0.25, 0.3) is 0 Å². The second kappa shape index (κ2) is 5.07. The topological polar surface area (TPSA) is 12.4 Å². The van der Waals surface area contributed by atoms with Gasteiger partial charge in [0, 0.05) is 5.71 Å². The Labute approximate surface area is 119 Å². The minimum atomic E-state index is 0.396. The highest BCUT2D eigenvalue weighted by Crippen LogP contribution is 2.41. The lowest BCUT2D eigenvalue weighted by Gasteiger charge is -2.38. The first-order valence-electron chi connectivity index (χ1n) is 7.89. The van der Waals surface area contributed by atoms with Crippen LogP contribution in [0.3, 0.4) is 0 Å². The third-order valence-electron chi connectivity index (χ3n) is 4.54. The van der Waals surface area contributed by atoms with Crippen molar-refractivity contribution in [2.45, 2.75) is 79.7 Å². The maximum absolute atomic E-state index is 5.13. The van der Waals surface area contributed by atoms with Crippen LogP contribution in [0.2, 0.25) is 0 Å². The van der Waals surface area contributed by atoms with E-state index in [0.29, 0.717) is 16.9 Å². The van der Waals surface area contributed by atoms with E-state index in [1.807, 2.05) is 0 Å². The molecule has 2 aliphatic carbocycles. The van der Waals surface area contributed by atoms with Gasteiger partial charge in [0.2, 0.25) is 0 Å². The van der Waals surface area contributed by atoms with Gasteiger partial charge in [0.05, 0.1) is 6.04 Å². The first kappa shape index (κ1) is 14.8. The second-order valence-corrected chi connectivity index (χ2v) is 8.70. The molecule has 0 aromatic carbocycles. The highest BCUT2D eigenvalue weighted by Gasteiger charge is 2.32. The van der Waals surface area contributed by atoms with Crippen LogP contribution in [-0.4, -0.2) is 11.8 Å². The molecule has 1 heteroatoms. The van der Waals surface area contributed by atoms with Crippen LogP contribution in [0.5, 0.6) is 0 Å². The van der Waals surface area contributed by atoms with Gasteiger partial charge in [-0.05, 0) is 61.9 Å². The van der Waals surface area contributed by atoms with Crippen molar-refractivity contribution in [1.82, 2.24) is 0 Å². The number of aliphatic imine (C=N–C) groups is 1. The van der Waals surface area contributed by atoms with Crippen molar-refractivity contribution in [3.8, 4) is 0 Å². The minimum absolute atomic E-state index is 0.396. The predicted octanol–water partition coefficient (Wildman–Crippen LogP) is 5.41. The van der Waals surface area contributed by atoms with E-state index in [2.05, 4.69) is 47.6 Å². The van der Waals surface area contributed by atoms with Crippen LogP contribution in [0.15, 0.2) is 16.6 Å². The van der Waals surface area contributed by atoms with Gasteiger partial charge in [-0.3, -0.25) is 4.99 Å². The molecule has 0 aromatic rings. The average molecular weight is 261 g/mol. The Bertz CT molecular complexity index is 398. The molecule has 0 aromatic heterocycles. The average Bonchev–Trinajstić information content (AvgIpc) is 2.08. The molecule has 0 bridgehead atoms. The summed E-state index contributed by atoms with van der Waals surface area (Å²) in [7, 11) is 0. The maximum Gasteiger partial charge on any atom is 0.0510 e. The van der Waals surface area contributed by atoms with E-state index in [1.165, 1.54) is 37.0 Å². The molecule has 0 amide bonds. The van der Waals surface area contributed by atoms with Gasteiger partial charge in [-0.1, -0.05) is 40.2 Å². The minimum Gasteiger partial charge on any atom is -0.286 e. The van der Waals surface area contributed by atoms with E-state index in [9.17, 15) is 0 Å². The molecule has 0 radical (unpaired) electrons. The molecule has 0 heterocycles. The first-order chi connectivity index (χ1) is 8.65. The summed E-state index contributed by atoms with van der Waals surface area (Å²) in [6, 6.07) is 0.548. The molecule has 2 rings (SSSR count). The number of nitrogens with zero attached hydrogens (tertiary/aromatic N) is 1. The fourth-order valence-corrected chi connectivity index (χ4v) is 4.41. The molecule has 1 saturated carbocycles. The molecule has 0 aliphatic heterocycles. The predicted molar refractivity (Wildman–Crippen MR) is 84.8 cm³/mol. The lowest BCUT2D eigenvalue weighted by atomic mass is 9.70. The monoisotopic (exact) mass is 261 g/mol. The van der Waals surface area contributed by atoms with Crippen molar-refractivity contribution in [2.24, 2.45) is 21.7 Å². The number of hydrogen-bond donors (Lipinski definition) is 0. The summed E-state index contributed by atoms with van der Waals surface area (Å²) in [5, 5.41) is 0. The molecule has 0 saturated heterocycles. The lowest BCUT2D eigenvalue weighted by molar-refractivity contribution is 0.171. The van der Waals surface area contributed by atoms with Gasteiger partial charge in [-0.2, -0.15) is 0 Å². The van der Waals surface area contributed by atoms with Gasteiger partial charge in [-0.25, -0.2) is 0 Å². The molecule has 2 aliphatic rings. The molecule has 0 spiro atoms. The van der Waals surface area contributed by atoms with E-state index < -0.39 is 0 Å². The Hall–Kier alpha value is -0.590. The molecule has 0 unspecified atom stereocenters. The van der Waals surface area contributed by atoms with Gasteiger partial charge in [0.15, 0.2) is 0 Å². The van der Waals surface area contributed by atoms with Gasteiger partial charge in [-0.15, -0.1) is 0 Å². The molecule has 2 atom stereocenters. The summed E-state index contributed by atoms with van der Waals surface area (Å²) in [4.78, 5) is 5.13. The fourth-order valence-electron chi connectivity index (χ4n) is 4.41. The molecule has 19 heavy (non-hydrogen) atoms. The third kappa shape index (κ3) is 4.19. The highest BCUT2D eigenvalue weighted by atomic mass is 14.8. The van der Waals surface area contributed by atoms with Crippen LogP contribution >= 0.6 is 0 Å². The Morgan fingerprint density at radius 1 is 1.05 bits per heavy atom. The van der Waals surface area contributed by atoms with Gasteiger partial charge in [0.1, 0.15) is 0 Å². The summed E-state index contributed by atoms with van der Waals surface area (Å²) in [6.45, 7) is 14.2. The Morgan fingerprint density at radius 3 is 2.32 bits per heavy atom. The SMILES string of the molecule is CC1=CC(=N[C@H]2C[C@@H](C)CC(C)(C)C2)CC(C)(C)C1. The van der Waals surface area contributed by atoms with Crippen molar-refractivity contribution in [2.75, 3.05) is 0 Å². The zero-order valence-electron chi connectivity index (χ0n) is 13.7. The second-order valence-electron chi connectivity index (χ2n) is 8.70. The summed E-state index contributed by atoms with van der Waals surface area (Å²) >= 11 is 0. The lowest BCUT2D eigenvalue weighted by Crippen LogP contribution is -2.31. The van der Waals surface area contributed by atoms with Crippen molar-refractivity contribution in [1.29, 1.82) is 0 Å². The zero-order valence-corrected chi connectivity index (χ0v) is 13.7. The van der Waals surface area contributed by atoms with E-state index in [1.54, 1.807) is 0 Å². The van der Waals surface area contributed by atoms with Crippen LogP contribution in [0.25, 0.3) is 0 Å². The van der Waals surface area contributed by atoms with Gasteiger partial charge >= 0.3 is 0 Å². The zero-order chi connectivity index (χ0) is 14.3. The van der Waals surface area contributed by atoms with Crippen LogP contribution in [0.1, 0.15) is 73.6 Å². The van der Waals surface area contributed by atoms with E-state index in [0.717, 1.165) is 12.3 Å². The van der Waals surface area contributed by atoms with Gasteiger partial charge < -0.3 is 0 Å². The van der Waals surface area contributed by atoms with E-state index in [4.69, 9.17) is 4.99 Å². The summed E-state index contributed by atoms with van der Waals surface area (Å²) in [5.74, 6) is 0.819. The van der Waals surface area contributed by atoms with Crippen LogP contribution in [0, 0.1) is 16.7 Å². The Kier molecular flexibility index (Phi) is 3.95.